The lowest BCUT2D eigenvalue weighted by atomic mass is 10.2. The Balaban J connectivity index is 1.98. The second-order valence-electron chi connectivity index (χ2n) is 5.96. The van der Waals surface area contributed by atoms with E-state index in [4.69, 9.17) is 21.1 Å². The van der Waals surface area contributed by atoms with Gasteiger partial charge in [-0.25, -0.2) is 4.98 Å². The number of methoxy groups -OCH3 is 1. The molecule has 146 valence electrons. The Morgan fingerprint density at radius 3 is 2.59 bits per heavy atom. The summed E-state index contributed by atoms with van der Waals surface area (Å²) in [5, 5.41) is 3.28. The van der Waals surface area contributed by atoms with Crippen LogP contribution in [0.3, 0.4) is 0 Å². The highest BCUT2D eigenvalue weighted by molar-refractivity contribution is 6.29. The number of halogens is 1. The van der Waals surface area contributed by atoms with Gasteiger partial charge < -0.3 is 19.7 Å². The zero-order valence-electron chi connectivity index (χ0n) is 16.0. The van der Waals surface area contributed by atoms with Crippen LogP contribution in [0.25, 0.3) is 0 Å². The molecule has 27 heavy (non-hydrogen) atoms. The smallest absolute Gasteiger partial charge is 0.228 e. The van der Waals surface area contributed by atoms with Crippen LogP contribution in [0.1, 0.15) is 19.4 Å². The number of anilines is 1. The summed E-state index contributed by atoms with van der Waals surface area (Å²) < 4.78 is 11.2. The largest absolute Gasteiger partial charge is 0.493 e. The van der Waals surface area contributed by atoms with Crippen LogP contribution in [0, 0.1) is 0 Å². The summed E-state index contributed by atoms with van der Waals surface area (Å²) >= 11 is 5.76. The van der Waals surface area contributed by atoms with Crippen molar-refractivity contribution < 1.29 is 14.3 Å². The summed E-state index contributed by atoms with van der Waals surface area (Å²) in [7, 11) is 1.60. The zero-order chi connectivity index (χ0) is 19.6. The van der Waals surface area contributed by atoms with Crippen LogP contribution in [0.15, 0.2) is 36.5 Å². The third kappa shape index (κ3) is 6.73. The number of benzene rings is 1. The first-order valence-corrected chi connectivity index (χ1v) is 9.37. The number of likely N-dealkylation sites (N-methyl/N-ethyl adjacent to an activating group) is 1. The highest BCUT2D eigenvalue weighted by atomic mass is 35.5. The number of carbonyl (C=O) groups excluding carboxylic acids is 1. The SMILES string of the molecule is CCN(CC)CCOc1cc(NC(=O)Cc2ccc(Cl)nc2)ccc1OC. The van der Waals surface area contributed by atoms with Crippen molar-refractivity contribution in [1.82, 2.24) is 9.88 Å². The Labute approximate surface area is 165 Å². The fourth-order valence-corrected chi connectivity index (χ4v) is 2.71. The quantitative estimate of drug-likeness (QED) is 0.626. The van der Waals surface area contributed by atoms with Gasteiger partial charge in [-0.3, -0.25) is 4.79 Å². The fraction of sp³-hybridized carbons (Fsp3) is 0.400. The predicted molar refractivity (Wildman–Crippen MR) is 108 cm³/mol. The van der Waals surface area contributed by atoms with Gasteiger partial charge in [-0.05, 0) is 36.9 Å². The summed E-state index contributed by atoms with van der Waals surface area (Å²) in [6.07, 6.45) is 1.81. The second-order valence-corrected chi connectivity index (χ2v) is 6.34. The highest BCUT2D eigenvalue weighted by Gasteiger charge is 2.10. The van der Waals surface area contributed by atoms with Crippen molar-refractivity contribution in [3.05, 3.63) is 47.2 Å². The molecule has 0 bridgehead atoms. The first kappa shape index (κ1) is 21.0. The molecular formula is C20H26ClN3O3. The van der Waals surface area contributed by atoms with Gasteiger partial charge in [-0.15, -0.1) is 0 Å². The molecule has 1 heterocycles. The number of pyridine rings is 1. The van der Waals surface area contributed by atoms with Crippen molar-refractivity contribution in [1.29, 1.82) is 0 Å². The molecule has 0 radical (unpaired) electrons. The maximum absolute atomic E-state index is 12.3. The maximum atomic E-state index is 12.3. The normalized spacial score (nSPS) is 10.7. The number of nitrogens with one attached hydrogen (secondary N) is 1. The van der Waals surface area contributed by atoms with Crippen LogP contribution in [0.2, 0.25) is 5.15 Å². The Morgan fingerprint density at radius 2 is 1.96 bits per heavy atom. The molecule has 2 aromatic rings. The Bertz CT molecular complexity index is 734. The molecule has 0 unspecified atom stereocenters. The van der Waals surface area contributed by atoms with Gasteiger partial charge in [0.25, 0.3) is 0 Å². The number of nitrogens with zero attached hydrogens (tertiary/aromatic N) is 2. The van der Waals surface area contributed by atoms with Gasteiger partial charge in [-0.1, -0.05) is 31.5 Å². The number of rotatable bonds is 10. The molecule has 0 aliphatic heterocycles. The fourth-order valence-electron chi connectivity index (χ4n) is 2.59. The molecular weight excluding hydrogens is 366 g/mol. The molecule has 0 saturated carbocycles. The topological polar surface area (TPSA) is 63.7 Å². The van der Waals surface area contributed by atoms with Gasteiger partial charge in [0, 0.05) is 24.5 Å². The van der Waals surface area contributed by atoms with Gasteiger partial charge >= 0.3 is 0 Å². The van der Waals surface area contributed by atoms with Crippen LogP contribution in [0.5, 0.6) is 11.5 Å². The van der Waals surface area contributed by atoms with E-state index in [1.807, 2.05) is 0 Å². The lowest BCUT2D eigenvalue weighted by molar-refractivity contribution is -0.115. The minimum absolute atomic E-state index is 0.140. The van der Waals surface area contributed by atoms with Gasteiger partial charge in [0.15, 0.2) is 11.5 Å². The molecule has 6 nitrogen and oxygen atoms in total. The van der Waals surface area contributed by atoms with Crippen LogP contribution < -0.4 is 14.8 Å². The number of hydrogen-bond acceptors (Lipinski definition) is 5. The van der Waals surface area contributed by atoms with Crippen molar-refractivity contribution in [3.8, 4) is 11.5 Å². The number of aromatic nitrogens is 1. The summed E-state index contributed by atoms with van der Waals surface area (Å²) in [5.74, 6) is 1.10. The monoisotopic (exact) mass is 391 g/mol. The lowest BCUT2D eigenvalue weighted by Gasteiger charge is -2.19. The molecule has 0 aliphatic rings. The highest BCUT2D eigenvalue weighted by Crippen LogP contribution is 2.30. The van der Waals surface area contributed by atoms with Crippen molar-refractivity contribution >= 4 is 23.2 Å². The van der Waals surface area contributed by atoms with E-state index in [9.17, 15) is 4.79 Å². The van der Waals surface area contributed by atoms with Crippen LogP contribution in [-0.4, -0.2) is 49.1 Å². The second kappa shape index (κ2) is 10.7. The minimum Gasteiger partial charge on any atom is -0.493 e. The van der Waals surface area contributed by atoms with E-state index in [0.29, 0.717) is 28.9 Å². The number of amides is 1. The van der Waals surface area contributed by atoms with E-state index < -0.39 is 0 Å². The zero-order valence-corrected chi connectivity index (χ0v) is 16.8. The van der Waals surface area contributed by atoms with Crippen molar-refractivity contribution in [2.45, 2.75) is 20.3 Å². The van der Waals surface area contributed by atoms with Gasteiger partial charge in [0.05, 0.1) is 13.5 Å². The third-order valence-corrected chi connectivity index (χ3v) is 4.38. The average Bonchev–Trinajstić information content (AvgIpc) is 2.67. The molecule has 2 rings (SSSR count). The molecule has 1 N–H and O–H groups in total. The first-order valence-electron chi connectivity index (χ1n) is 8.99. The van der Waals surface area contributed by atoms with E-state index in [1.165, 1.54) is 0 Å². The summed E-state index contributed by atoms with van der Waals surface area (Å²) in [5.41, 5.74) is 1.45. The molecule has 0 atom stereocenters. The third-order valence-electron chi connectivity index (χ3n) is 4.16. The van der Waals surface area contributed by atoms with E-state index in [1.54, 1.807) is 43.6 Å². The molecule has 7 heteroatoms. The number of carbonyl (C=O) groups is 1. The molecule has 0 saturated heterocycles. The standard InChI is InChI=1S/C20H26ClN3O3/c1-4-24(5-2)10-11-27-18-13-16(7-8-17(18)26-3)23-20(25)12-15-6-9-19(21)22-14-15/h6-9,13-14H,4-5,10-12H2,1-3H3,(H,23,25). The van der Waals surface area contributed by atoms with Gasteiger partial charge in [0.1, 0.15) is 11.8 Å². The van der Waals surface area contributed by atoms with E-state index in [0.717, 1.165) is 25.2 Å². The Kier molecular flexibility index (Phi) is 8.36. The van der Waals surface area contributed by atoms with Crippen molar-refractivity contribution in [3.63, 3.8) is 0 Å². The van der Waals surface area contributed by atoms with Crippen molar-refractivity contribution in [2.75, 3.05) is 38.7 Å². The summed E-state index contributed by atoms with van der Waals surface area (Å²) in [6, 6.07) is 8.80. The summed E-state index contributed by atoms with van der Waals surface area (Å²) in [4.78, 5) is 18.5. The van der Waals surface area contributed by atoms with Gasteiger partial charge in [0.2, 0.25) is 5.91 Å². The van der Waals surface area contributed by atoms with E-state index in [2.05, 4.69) is 29.0 Å². The molecule has 1 aromatic carbocycles. The number of ether oxygens (including phenoxy) is 2. The molecule has 1 amide bonds. The molecule has 0 fully saturated rings. The average molecular weight is 392 g/mol. The molecule has 0 aliphatic carbocycles. The first-order chi connectivity index (χ1) is 13.0. The van der Waals surface area contributed by atoms with Gasteiger partial charge in [-0.2, -0.15) is 0 Å². The Morgan fingerprint density at radius 1 is 1.19 bits per heavy atom. The Hall–Kier alpha value is -2.31. The molecule has 1 aromatic heterocycles. The summed E-state index contributed by atoms with van der Waals surface area (Å²) in [6.45, 7) is 7.58. The lowest BCUT2D eigenvalue weighted by Crippen LogP contribution is -2.28. The molecule has 0 spiro atoms. The van der Waals surface area contributed by atoms with Crippen molar-refractivity contribution in [2.24, 2.45) is 0 Å². The predicted octanol–water partition coefficient (Wildman–Crippen LogP) is 3.65. The van der Waals surface area contributed by atoms with E-state index in [-0.39, 0.29) is 12.3 Å². The van der Waals surface area contributed by atoms with Crippen LogP contribution in [0.4, 0.5) is 5.69 Å². The number of hydrogen-bond donors (Lipinski definition) is 1. The maximum Gasteiger partial charge on any atom is 0.228 e. The van der Waals surface area contributed by atoms with E-state index >= 15 is 0 Å². The van der Waals surface area contributed by atoms with Crippen LogP contribution >= 0.6 is 11.6 Å². The van der Waals surface area contributed by atoms with Crippen LogP contribution in [-0.2, 0) is 11.2 Å². The minimum atomic E-state index is -0.140.